The number of hydrogen-bond donors (Lipinski definition) is 3. The second kappa shape index (κ2) is 7.53. The maximum absolute atomic E-state index is 12.7. The first-order chi connectivity index (χ1) is 15.9. The van der Waals surface area contributed by atoms with Crippen molar-refractivity contribution in [2.75, 3.05) is 0 Å². The van der Waals surface area contributed by atoms with Crippen molar-refractivity contribution in [2.45, 2.75) is 64.3 Å². The maximum atomic E-state index is 12.7. The molecule has 2 aromatic carbocycles. The van der Waals surface area contributed by atoms with Crippen LogP contribution < -0.4 is 9.47 Å². The third kappa shape index (κ3) is 3.80. The zero-order valence-electron chi connectivity index (χ0n) is 19.6. The van der Waals surface area contributed by atoms with Gasteiger partial charge in [-0.05, 0) is 81.5 Å². The molecular weight excluding hydrogens is 436 g/mol. The van der Waals surface area contributed by atoms with Gasteiger partial charge in [0.05, 0.1) is 6.10 Å². The number of aliphatic hydroxyl groups is 2. The van der Waals surface area contributed by atoms with Crippen molar-refractivity contribution in [1.82, 2.24) is 0 Å². The Hall–Kier alpha value is -3.45. The minimum absolute atomic E-state index is 0.00735. The van der Waals surface area contributed by atoms with Crippen LogP contribution in [0.4, 0.5) is 0 Å². The van der Waals surface area contributed by atoms with E-state index in [1.807, 2.05) is 33.8 Å². The molecule has 0 spiro atoms. The van der Waals surface area contributed by atoms with Crippen LogP contribution in [-0.4, -0.2) is 38.6 Å². The molecule has 3 N–H and O–H groups in total. The molecule has 0 saturated carbocycles. The van der Waals surface area contributed by atoms with E-state index in [1.165, 1.54) is 6.07 Å². The predicted molar refractivity (Wildman–Crippen MR) is 126 cm³/mol. The molecule has 2 aromatic rings. The summed E-state index contributed by atoms with van der Waals surface area (Å²) in [6, 6.07) is 8.57. The Morgan fingerprint density at radius 1 is 1.00 bits per heavy atom. The topological polar surface area (TPSA) is 105 Å². The van der Waals surface area contributed by atoms with Gasteiger partial charge < -0.3 is 29.5 Å². The average molecular weight is 465 g/mol. The first-order valence-electron chi connectivity index (χ1n) is 11.4. The number of phenols is 1. The van der Waals surface area contributed by atoms with Crippen LogP contribution >= 0.6 is 0 Å². The summed E-state index contributed by atoms with van der Waals surface area (Å²) >= 11 is 0. The molecule has 3 aliphatic rings. The molecule has 0 amide bonds. The van der Waals surface area contributed by atoms with E-state index in [4.69, 9.17) is 14.2 Å². The van der Waals surface area contributed by atoms with E-state index < -0.39 is 17.7 Å². The molecule has 34 heavy (non-hydrogen) atoms. The predicted octanol–water partition coefficient (Wildman–Crippen LogP) is 4.44. The molecule has 5 rings (SSSR count). The lowest BCUT2D eigenvalue weighted by molar-refractivity contribution is -0.131. The number of benzene rings is 2. The molecule has 7 nitrogen and oxygen atoms in total. The van der Waals surface area contributed by atoms with E-state index in [9.17, 15) is 20.1 Å². The summed E-state index contributed by atoms with van der Waals surface area (Å²) in [7, 11) is 0. The fourth-order valence-corrected chi connectivity index (χ4v) is 4.55. The summed E-state index contributed by atoms with van der Waals surface area (Å²) in [6.07, 6.45) is 2.83. The summed E-state index contributed by atoms with van der Waals surface area (Å²) in [5.74, 6) is -0.000165. The van der Waals surface area contributed by atoms with Gasteiger partial charge in [0.1, 0.15) is 34.0 Å². The van der Waals surface area contributed by atoms with E-state index >= 15 is 0 Å². The van der Waals surface area contributed by atoms with Gasteiger partial charge in [-0.3, -0.25) is 0 Å². The monoisotopic (exact) mass is 464 g/mol. The number of ether oxygens (including phenoxy) is 3. The second-order valence-electron chi connectivity index (χ2n) is 10.3. The zero-order chi connectivity index (χ0) is 24.4. The molecule has 0 bridgehead atoms. The Balaban J connectivity index is 1.49. The Morgan fingerprint density at radius 3 is 2.53 bits per heavy atom. The number of cyclic esters (lactones) is 1. The first kappa shape index (κ1) is 22.3. The van der Waals surface area contributed by atoms with Gasteiger partial charge in [-0.15, -0.1) is 0 Å². The van der Waals surface area contributed by atoms with E-state index in [-0.39, 0.29) is 34.0 Å². The van der Waals surface area contributed by atoms with E-state index in [0.717, 1.165) is 24.0 Å². The molecule has 3 aliphatic heterocycles. The number of fused-ring (bicyclic) bond motifs is 2. The van der Waals surface area contributed by atoms with Gasteiger partial charge in [0.25, 0.3) is 0 Å². The SMILES string of the molecule is CC1(C)CCc2cc(C3=C(O)/C(=C/c4ccc5c(c4)CC(O)C(C)(C)O5)OC3=O)c(O)cc2O1. The Morgan fingerprint density at radius 2 is 1.76 bits per heavy atom. The molecule has 3 heterocycles. The lowest BCUT2D eigenvalue weighted by atomic mass is 9.90. The summed E-state index contributed by atoms with van der Waals surface area (Å²) in [5, 5.41) is 31.8. The van der Waals surface area contributed by atoms with Crippen LogP contribution in [0.25, 0.3) is 11.6 Å². The molecular formula is C27H28O7. The molecule has 0 radical (unpaired) electrons. The van der Waals surface area contributed by atoms with Crippen molar-refractivity contribution < 1.29 is 34.3 Å². The number of esters is 1. The average Bonchev–Trinajstić information content (AvgIpc) is 3.01. The smallest absolute Gasteiger partial charge is 0.348 e. The number of hydrogen-bond acceptors (Lipinski definition) is 7. The van der Waals surface area contributed by atoms with Gasteiger partial charge >= 0.3 is 5.97 Å². The highest BCUT2D eigenvalue weighted by Gasteiger charge is 2.37. The van der Waals surface area contributed by atoms with Crippen LogP contribution in [-0.2, 0) is 22.4 Å². The number of carbonyl (C=O) groups is 1. The maximum Gasteiger partial charge on any atom is 0.348 e. The quantitative estimate of drug-likeness (QED) is 0.565. The lowest BCUT2D eigenvalue weighted by Gasteiger charge is -2.37. The number of phenolic OH excluding ortho intramolecular Hbond substituents is 1. The fraction of sp³-hybridized carbons (Fsp3) is 0.370. The van der Waals surface area contributed by atoms with Crippen LogP contribution in [0.5, 0.6) is 17.2 Å². The van der Waals surface area contributed by atoms with Crippen molar-refractivity contribution >= 4 is 17.6 Å². The van der Waals surface area contributed by atoms with Crippen LogP contribution in [0.2, 0.25) is 0 Å². The Kier molecular flexibility index (Phi) is 4.95. The Bertz CT molecular complexity index is 1270. The number of aryl methyl sites for hydroxylation is 1. The fourth-order valence-electron chi connectivity index (χ4n) is 4.55. The largest absolute Gasteiger partial charge is 0.507 e. The zero-order valence-corrected chi connectivity index (χ0v) is 19.6. The minimum atomic E-state index is -0.741. The van der Waals surface area contributed by atoms with Crippen molar-refractivity contribution in [3.05, 3.63) is 64.1 Å². The molecule has 1 unspecified atom stereocenters. The van der Waals surface area contributed by atoms with Gasteiger partial charge in [0.15, 0.2) is 11.5 Å². The third-order valence-corrected chi connectivity index (χ3v) is 6.68. The van der Waals surface area contributed by atoms with Gasteiger partial charge in [0, 0.05) is 18.1 Å². The van der Waals surface area contributed by atoms with E-state index in [1.54, 1.807) is 24.3 Å². The standard InChI is InChI=1S/C27H28O7/c1-26(2)8-7-15-11-17(18(28)13-20(15)33-26)23-24(30)21(32-25(23)31)10-14-5-6-19-16(9-14)12-22(29)27(3,4)34-19/h5-6,9-11,13,22,28-30H,7-8,12H2,1-4H3/b21-10-. The molecule has 0 saturated heterocycles. The summed E-state index contributed by atoms with van der Waals surface area (Å²) in [6.45, 7) is 7.63. The molecule has 178 valence electrons. The second-order valence-corrected chi connectivity index (χ2v) is 10.3. The van der Waals surface area contributed by atoms with Crippen LogP contribution in [0.1, 0.15) is 56.4 Å². The van der Waals surface area contributed by atoms with Crippen molar-refractivity contribution in [1.29, 1.82) is 0 Å². The molecule has 7 heteroatoms. The normalized spacial score (nSPS) is 23.6. The molecule has 1 atom stereocenters. The number of rotatable bonds is 2. The van der Waals surface area contributed by atoms with Crippen molar-refractivity contribution in [2.24, 2.45) is 0 Å². The van der Waals surface area contributed by atoms with Crippen LogP contribution in [0.15, 0.2) is 41.9 Å². The third-order valence-electron chi connectivity index (χ3n) is 6.68. The number of carbonyl (C=O) groups excluding carboxylic acids is 1. The number of aliphatic hydroxyl groups excluding tert-OH is 2. The molecule has 0 aliphatic carbocycles. The molecule has 0 aromatic heterocycles. The van der Waals surface area contributed by atoms with Crippen molar-refractivity contribution in [3.63, 3.8) is 0 Å². The van der Waals surface area contributed by atoms with Gasteiger partial charge in [0.2, 0.25) is 0 Å². The van der Waals surface area contributed by atoms with Gasteiger partial charge in [-0.25, -0.2) is 4.79 Å². The van der Waals surface area contributed by atoms with Gasteiger partial charge in [-0.1, -0.05) is 6.07 Å². The highest BCUT2D eigenvalue weighted by Crippen LogP contribution is 2.43. The van der Waals surface area contributed by atoms with Crippen molar-refractivity contribution in [3.8, 4) is 17.2 Å². The summed E-state index contributed by atoms with van der Waals surface area (Å²) in [4.78, 5) is 12.7. The first-order valence-corrected chi connectivity index (χ1v) is 11.4. The number of aromatic hydroxyl groups is 1. The summed E-state index contributed by atoms with van der Waals surface area (Å²) < 4.78 is 17.2. The lowest BCUT2D eigenvalue weighted by Crippen LogP contribution is -2.46. The van der Waals surface area contributed by atoms with Gasteiger partial charge in [-0.2, -0.15) is 0 Å². The van der Waals surface area contributed by atoms with Crippen LogP contribution in [0, 0.1) is 0 Å². The van der Waals surface area contributed by atoms with Crippen LogP contribution in [0.3, 0.4) is 0 Å². The van der Waals surface area contributed by atoms with E-state index in [0.29, 0.717) is 23.5 Å². The highest BCUT2D eigenvalue weighted by molar-refractivity contribution is 6.21. The molecule has 0 fully saturated rings. The Labute approximate surface area is 197 Å². The highest BCUT2D eigenvalue weighted by atomic mass is 16.6. The van der Waals surface area contributed by atoms with E-state index in [2.05, 4.69) is 0 Å². The minimum Gasteiger partial charge on any atom is -0.507 e. The summed E-state index contributed by atoms with van der Waals surface area (Å²) in [5.41, 5.74) is 1.46.